The highest BCUT2D eigenvalue weighted by Crippen LogP contribution is 2.15. The molecule has 0 spiro atoms. The van der Waals surface area contributed by atoms with Crippen LogP contribution < -0.4 is 10.1 Å². The molecule has 0 aromatic carbocycles. The monoisotopic (exact) mass is 274 g/mol. The van der Waals surface area contributed by atoms with Crippen molar-refractivity contribution in [3.63, 3.8) is 0 Å². The van der Waals surface area contributed by atoms with Gasteiger partial charge in [0.15, 0.2) is 0 Å². The van der Waals surface area contributed by atoms with Crippen LogP contribution in [0.2, 0.25) is 0 Å². The van der Waals surface area contributed by atoms with E-state index in [1.54, 1.807) is 10.1 Å². The van der Waals surface area contributed by atoms with Crippen LogP contribution >= 0.6 is 11.3 Å². The lowest BCUT2D eigenvalue weighted by atomic mass is 10.3. The second-order valence-electron chi connectivity index (χ2n) is 3.00. The first kappa shape index (κ1) is 11.7. The van der Waals surface area contributed by atoms with Crippen LogP contribution in [0.4, 0.5) is 0 Å². The molecule has 0 radical (unpaired) electrons. The van der Waals surface area contributed by atoms with Crippen molar-refractivity contribution in [2.45, 2.75) is 10.3 Å². The Balaban J connectivity index is 2.14. The van der Waals surface area contributed by atoms with E-state index < -0.39 is 27.9 Å². The SMILES string of the molecule is O=C1NN=NC1C(=O)NS(=O)(=O)c1cccs1. The molecule has 1 aromatic rings. The molecule has 1 aliphatic heterocycles. The van der Waals surface area contributed by atoms with Gasteiger partial charge in [-0.05, 0) is 11.4 Å². The van der Waals surface area contributed by atoms with Crippen molar-refractivity contribution in [3.05, 3.63) is 17.5 Å². The van der Waals surface area contributed by atoms with Gasteiger partial charge in [0.25, 0.3) is 21.8 Å². The van der Waals surface area contributed by atoms with E-state index in [1.165, 1.54) is 12.1 Å². The number of amides is 2. The second-order valence-corrected chi connectivity index (χ2v) is 5.85. The maximum absolute atomic E-state index is 11.6. The molecule has 2 N–H and O–H groups in total. The molecule has 2 amide bonds. The van der Waals surface area contributed by atoms with E-state index in [9.17, 15) is 18.0 Å². The molecule has 90 valence electrons. The third kappa shape index (κ3) is 2.31. The maximum Gasteiger partial charge on any atom is 0.278 e. The minimum absolute atomic E-state index is 0.0128. The summed E-state index contributed by atoms with van der Waals surface area (Å²) in [5, 5.41) is 7.96. The molecule has 1 aliphatic rings. The summed E-state index contributed by atoms with van der Waals surface area (Å²) >= 11 is 0.958. The zero-order chi connectivity index (χ0) is 12.5. The Morgan fingerprint density at radius 3 is 2.82 bits per heavy atom. The van der Waals surface area contributed by atoms with Crippen molar-refractivity contribution in [3.8, 4) is 0 Å². The molecular formula is C7H6N4O4S2. The van der Waals surface area contributed by atoms with Gasteiger partial charge in [0.05, 0.1) is 0 Å². The van der Waals surface area contributed by atoms with Gasteiger partial charge < -0.3 is 0 Å². The second kappa shape index (κ2) is 4.22. The first-order chi connectivity index (χ1) is 8.00. The Kier molecular flexibility index (Phi) is 2.90. The number of sulfonamides is 1. The molecule has 0 aliphatic carbocycles. The van der Waals surface area contributed by atoms with Gasteiger partial charge in [-0.2, -0.15) is 0 Å². The molecule has 10 heteroatoms. The van der Waals surface area contributed by atoms with Crippen LogP contribution in [0.1, 0.15) is 0 Å². The summed E-state index contributed by atoms with van der Waals surface area (Å²) in [6, 6.07) is 1.42. The fourth-order valence-corrected chi connectivity index (χ4v) is 3.06. The van der Waals surface area contributed by atoms with E-state index in [-0.39, 0.29) is 4.21 Å². The first-order valence-corrected chi connectivity index (χ1v) is 6.67. The van der Waals surface area contributed by atoms with Gasteiger partial charge in [-0.25, -0.2) is 18.6 Å². The van der Waals surface area contributed by atoms with Gasteiger partial charge >= 0.3 is 0 Å². The highest BCUT2D eigenvalue weighted by atomic mass is 32.2. The summed E-state index contributed by atoms with van der Waals surface area (Å²) < 4.78 is 25.0. The summed E-state index contributed by atoms with van der Waals surface area (Å²) in [5.41, 5.74) is 1.94. The standard InChI is InChI=1S/C7H6N4O4S2/c12-6-5(8-11-9-6)7(13)10-17(14,15)4-2-1-3-16-4/h1-3,5H,(H,10,13)(H,8,9,12). The summed E-state index contributed by atoms with van der Waals surface area (Å²) in [7, 11) is -3.94. The molecular weight excluding hydrogens is 268 g/mol. The average Bonchev–Trinajstić information content (AvgIpc) is 2.85. The first-order valence-electron chi connectivity index (χ1n) is 4.30. The van der Waals surface area contributed by atoms with E-state index in [0.717, 1.165) is 11.3 Å². The molecule has 0 saturated carbocycles. The van der Waals surface area contributed by atoms with Crippen LogP contribution in [0.15, 0.2) is 32.1 Å². The number of thiophene rings is 1. The molecule has 2 rings (SSSR count). The maximum atomic E-state index is 11.6. The predicted molar refractivity (Wildman–Crippen MR) is 56.4 cm³/mol. The Labute approximate surface area is 99.8 Å². The van der Waals surface area contributed by atoms with Crippen LogP contribution in [0.5, 0.6) is 0 Å². The number of nitrogens with one attached hydrogen (secondary N) is 2. The number of carbonyl (C=O) groups is 2. The zero-order valence-electron chi connectivity index (χ0n) is 8.15. The Hall–Kier alpha value is -1.81. The quantitative estimate of drug-likeness (QED) is 0.717. The summed E-state index contributed by atoms with van der Waals surface area (Å²) in [6.07, 6.45) is 0. The van der Waals surface area contributed by atoms with E-state index in [4.69, 9.17) is 0 Å². The van der Waals surface area contributed by atoms with E-state index in [0.29, 0.717) is 0 Å². The molecule has 1 atom stereocenters. The van der Waals surface area contributed by atoms with Crippen LogP contribution in [0, 0.1) is 0 Å². The van der Waals surface area contributed by atoms with E-state index in [1.807, 2.05) is 5.43 Å². The largest absolute Gasteiger partial charge is 0.278 e. The molecule has 1 unspecified atom stereocenters. The van der Waals surface area contributed by atoms with E-state index in [2.05, 4.69) is 10.3 Å². The fourth-order valence-electron chi connectivity index (χ4n) is 1.08. The molecule has 0 saturated heterocycles. The van der Waals surface area contributed by atoms with Gasteiger partial charge in [0, 0.05) is 0 Å². The summed E-state index contributed by atoms with van der Waals surface area (Å²) in [5.74, 6) is -1.79. The van der Waals surface area contributed by atoms with Gasteiger partial charge in [-0.1, -0.05) is 11.3 Å². The van der Waals surface area contributed by atoms with Crippen LogP contribution in [0.25, 0.3) is 0 Å². The smallest absolute Gasteiger partial charge is 0.271 e. The molecule has 17 heavy (non-hydrogen) atoms. The lowest BCUT2D eigenvalue weighted by Gasteiger charge is -2.05. The average molecular weight is 274 g/mol. The van der Waals surface area contributed by atoms with Gasteiger partial charge in [-0.15, -0.1) is 16.5 Å². The van der Waals surface area contributed by atoms with Crippen molar-refractivity contribution >= 4 is 33.2 Å². The van der Waals surface area contributed by atoms with Gasteiger partial charge in [0.1, 0.15) is 4.21 Å². The Morgan fingerprint density at radius 1 is 1.53 bits per heavy atom. The summed E-state index contributed by atoms with van der Waals surface area (Å²) in [4.78, 5) is 22.5. The Bertz CT molecular complexity index is 577. The van der Waals surface area contributed by atoms with Crippen molar-refractivity contribution < 1.29 is 18.0 Å². The minimum atomic E-state index is -3.94. The highest BCUT2D eigenvalue weighted by Gasteiger charge is 2.33. The van der Waals surface area contributed by atoms with Crippen LogP contribution in [-0.2, 0) is 19.6 Å². The predicted octanol–water partition coefficient (Wildman–Crippen LogP) is -0.581. The number of carbonyl (C=O) groups excluding carboxylic acids is 2. The van der Waals surface area contributed by atoms with Crippen LogP contribution in [-0.4, -0.2) is 26.3 Å². The molecule has 0 bridgehead atoms. The third-order valence-electron chi connectivity index (χ3n) is 1.82. The van der Waals surface area contributed by atoms with Crippen LogP contribution in [0.3, 0.4) is 0 Å². The van der Waals surface area contributed by atoms with Crippen molar-refractivity contribution in [1.82, 2.24) is 10.1 Å². The number of nitrogens with zero attached hydrogens (tertiary/aromatic N) is 2. The molecule has 1 aromatic heterocycles. The highest BCUT2D eigenvalue weighted by molar-refractivity contribution is 7.92. The zero-order valence-corrected chi connectivity index (χ0v) is 9.79. The number of hydrogen-bond acceptors (Lipinski definition) is 7. The normalized spacial score (nSPS) is 19.1. The van der Waals surface area contributed by atoms with Gasteiger partial charge in [-0.3, -0.25) is 9.59 Å². The topological polar surface area (TPSA) is 117 Å². The van der Waals surface area contributed by atoms with Crippen molar-refractivity contribution in [1.29, 1.82) is 0 Å². The van der Waals surface area contributed by atoms with Gasteiger partial charge in [0.2, 0.25) is 6.04 Å². The molecule has 2 heterocycles. The minimum Gasteiger partial charge on any atom is -0.271 e. The molecule has 0 fully saturated rings. The van der Waals surface area contributed by atoms with Crippen molar-refractivity contribution in [2.75, 3.05) is 0 Å². The lowest BCUT2D eigenvalue weighted by Crippen LogP contribution is -2.42. The van der Waals surface area contributed by atoms with E-state index >= 15 is 0 Å². The third-order valence-corrected chi connectivity index (χ3v) is 4.57. The number of rotatable bonds is 3. The Morgan fingerprint density at radius 2 is 2.29 bits per heavy atom. The fraction of sp³-hybridized carbons (Fsp3) is 0.143. The number of hydrogen-bond donors (Lipinski definition) is 2. The summed E-state index contributed by atoms with van der Waals surface area (Å²) in [6.45, 7) is 0. The van der Waals surface area contributed by atoms with Crippen molar-refractivity contribution in [2.24, 2.45) is 10.3 Å². The lowest BCUT2D eigenvalue weighted by molar-refractivity contribution is -0.128. The molecule has 8 nitrogen and oxygen atoms in total.